The maximum Gasteiger partial charge on any atom is 0.140 e. The molecule has 3 heteroatoms. The van der Waals surface area contributed by atoms with Gasteiger partial charge in [0.1, 0.15) is 5.75 Å². The van der Waals surface area contributed by atoms with E-state index in [1.165, 1.54) is 0 Å². The van der Waals surface area contributed by atoms with E-state index >= 15 is 0 Å². The monoisotopic (exact) mass is 213 g/mol. The average Bonchev–Trinajstić information content (AvgIpc) is 2.20. The second kappa shape index (κ2) is 6.66. The molecule has 0 aliphatic carbocycles. The van der Waals surface area contributed by atoms with E-state index in [1.807, 2.05) is 19.1 Å². The van der Waals surface area contributed by atoms with Crippen molar-refractivity contribution in [2.45, 2.75) is 26.2 Å². The predicted molar refractivity (Wildman–Crippen MR) is 59.0 cm³/mol. The summed E-state index contributed by atoms with van der Waals surface area (Å²) in [5.74, 6) is 1.63. The topological polar surface area (TPSA) is 22.1 Å². The van der Waals surface area contributed by atoms with Crippen molar-refractivity contribution in [1.82, 2.24) is 4.98 Å². The second-order valence-electron chi connectivity index (χ2n) is 3.19. The number of unbranched alkanes of at least 4 members (excludes halogenated alkanes) is 2. The third-order valence-electron chi connectivity index (χ3n) is 1.99. The quantitative estimate of drug-likeness (QED) is 0.535. The number of hydrogen-bond acceptors (Lipinski definition) is 2. The zero-order chi connectivity index (χ0) is 10.2. The lowest BCUT2D eigenvalue weighted by Crippen LogP contribution is -1.99. The summed E-state index contributed by atoms with van der Waals surface area (Å²) in [5, 5.41) is 0. The number of hydrogen-bond donors (Lipinski definition) is 0. The highest BCUT2D eigenvalue weighted by molar-refractivity contribution is 6.17. The third-order valence-corrected chi connectivity index (χ3v) is 2.26. The van der Waals surface area contributed by atoms with E-state index in [9.17, 15) is 0 Å². The van der Waals surface area contributed by atoms with Gasteiger partial charge in [0, 0.05) is 12.1 Å². The number of halogens is 1. The van der Waals surface area contributed by atoms with Crippen molar-refractivity contribution in [3.8, 4) is 5.75 Å². The van der Waals surface area contributed by atoms with E-state index in [2.05, 4.69) is 4.98 Å². The molecule has 0 amide bonds. The van der Waals surface area contributed by atoms with Crippen LogP contribution in [0.3, 0.4) is 0 Å². The van der Waals surface area contributed by atoms with Crippen molar-refractivity contribution in [3.05, 3.63) is 24.0 Å². The summed E-state index contributed by atoms with van der Waals surface area (Å²) in [6, 6.07) is 3.84. The summed E-state index contributed by atoms with van der Waals surface area (Å²) in [7, 11) is 0. The van der Waals surface area contributed by atoms with Crippen molar-refractivity contribution < 1.29 is 4.74 Å². The molecule has 0 bridgehead atoms. The number of alkyl halides is 1. The summed E-state index contributed by atoms with van der Waals surface area (Å²) >= 11 is 5.57. The highest BCUT2D eigenvalue weighted by Crippen LogP contribution is 2.13. The van der Waals surface area contributed by atoms with Crippen LogP contribution in [0.1, 0.15) is 25.0 Å². The van der Waals surface area contributed by atoms with Gasteiger partial charge >= 0.3 is 0 Å². The summed E-state index contributed by atoms with van der Waals surface area (Å²) in [4.78, 5) is 4.15. The molecule has 1 aromatic heterocycles. The number of rotatable bonds is 6. The van der Waals surface area contributed by atoms with Gasteiger partial charge in [-0.2, -0.15) is 0 Å². The molecular weight excluding hydrogens is 198 g/mol. The first-order valence-electron chi connectivity index (χ1n) is 4.95. The minimum atomic E-state index is 0.742. The Morgan fingerprint density at radius 2 is 2.21 bits per heavy atom. The Morgan fingerprint density at radius 3 is 2.93 bits per heavy atom. The molecule has 0 saturated carbocycles. The van der Waals surface area contributed by atoms with Gasteiger partial charge in [-0.1, -0.05) is 0 Å². The van der Waals surface area contributed by atoms with Gasteiger partial charge in [0.15, 0.2) is 0 Å². The molecule has 0 unspecified atom stereocenters. The first-order valence-corrected chi connectivity index (χ1v) is 5.48. The van der Waals surface area contributed by atoms with Crippen molar-refractivity contribution >= 4 is 11.6 Å². The number of nitrogens with zero attached hydrogens (tertiary/aromatic N) is 1. The van der Waals surface area contributed by atoms with Crippen molar-refractivity contribution in [2.75, 3.05) is 12.5 Å². The standard InChI is InChI=1S/C11H16ClNO/c1-10-11(6-5-8-13-10)14-9-4-2-3-7-12/h5-6,8H,2-4,7,9H2,1H3. The van der Waals surface area contributed by atoms with Crippen LogP contribution in [0.5, 0.6) is 5.75 Å². The Balaban J connectivity index is 2.21. The lowest BCUT2D eigenvalue weighted by molar-refractivity contribution is 0.303. The van der Waals surface area contributed by atoms with E-state index in [0.29, 0.717) is 0 Å². The van der Waals surface area contributed by atoms with Gasteiger partial charge in [0.25, 0.3) is 0 Å². The average molecular weight is 214 g/mol. The Bertz CT molecular complexity index is 265. The molecule has 0 aromatic carbocycles. The third kappa shape index (κ3) is 3.97. The predicted octanol–water partition coefficient (Wildman–Crippen LogP) is 3.18. The van der Waals surface area contributed by atoms with Gasteiger partial charge in [-0.25, -0.2) is 0 Å². The lowest BCUT2D eigenvalue weighted by Gasteiger charge is -2.07. The van der Waals surface area contributed by atoms with E-state index in [4.69, 9.17) is 16.3 Å². The van der Waals surface area contributed by atoms with Crippen LogP contribution in [-0.2, 0) is 0 Å². The Hall–Kier alpha value is -0.760. The lowest BCUT2D eigenvalue weighted by atomic mass is 10.3. The van der Waals surface area contributed by atoms with Gasteiger partial charge in [-0.3, -0.25) is 4.98 Å². The van der Waals surface area contributed by atoms with Crippen molar-refractivity contribution in [2.24, 2.45) is 0 Å². The largest absolute Gasteiger partial charge is 0.492 e. The summed E-state index contributed by atoms with van der Waals surface area (Å²) in [6.45, 7) is 2.71. The molecule has 0 fully saturated rings. The number of ether oxygens (including phenoxy) is 1. The maximum atomic E-state index is 5.58. The molecule has 1 rings (SSSR count). The van der Waals surface area contributed by atoms with Gasteiger partial charge < -0.3 is 4.74 Å². The van der Waals surface area contributed by atoms with Crippen LogP contribution in [0.15, 0.2) is 18.3 Å². The fourth-order valence-corrected chi connectivity index (χ4v) is 1.37. The smallest absolute Gasteiger partial charge is 0.140 e. The molecule has 1 heterocycles. The number of aryl methyl sites for hydroxylation is 1. The zero-order valence-corrected chi connectivity index (χ0v) is 9.26. The van der Waals surface area contributed by atoms with Crippen LogP contribution >= 0.6 is 11.6 Å². The summed E-state index contributed by atoms with van der Waals surface area (Å²) < 4.78 is 5.58. The normalized spacial score (nSPS) is 10.1. The number of pyridine rings is 1. The molecule has 1 aromatic rings. The van der Waals surface area contributed by atoms with Crippen LogP contribution in [0, 0.1) is 6.92 Å². The van der Waals surface area contributed by atoms with Crippen LogP contribution in [0.25, 0.3) is 0 Å². The molecule has 0 N–H and O–H groups in total. The van der Waals surface area contributed by atoms with Crippen LogP contribution in [0.4, 0.5) is 0 Å². The highest BCUT2D eigenvalue weighted by Gasteiger charge is 1.97. The van der Waals surface area contributed by atoms with Gasteiger partial charge in [0.05, 0.1) is 12.3 Å². The first-order chi connectivity index (χ1) is 6.84. The van der Waals surface area contributed by atoms with Crippen LogP contribution in [0.2, 0.25) is 0 Å². The van der Waals surface area contributed by atoms with E-state index in [1.54, 1.807) is 6.20 Å². The van der Waals surface area contributed by atoms with Gasteiger partial charge in [-0.05, 0) is 38.3 Å². The highest BCUT2D eigenvalue weighted by atomic mass is 35.5. The minimum Gasteiger partial charge on any atom is -0.492 e. The van der Waals surface area contributed by atoms with E-state index in [-0.39, 0.29) is 0 Å². The molecule has 14 heavy (non-hydrogen) atoms. The zero-order valence-electron chi connectivity index (χ0n) is 8.50. The Morgan fingerprint density at radius 1 is 1.36 bits per heavy atom. The van der Waals surface area contributed by atoms with E-state index in [0.717, 1.165) is 43.2 Å². The van der Waals surface area contributed by atoms with Gasteiger partial charge in [0.2, 0.25) is 0 Å². The Labute approximate surface area is 90.3 Å². The molecule has 78 valence electrons. The molecular formula is C11H16ClNO. The van der Waals surface area contributed by atoms with Crippen LogP contribution in [-0.4, -0.2) is 17.5 Å². The molecule has 0 radical (unpaired) electrons. The molecule has 0 spiro atoms. The molecule has 0 saturated heterocycles. The summed E-state index contributed by atoms with van der Waals surface area (Å²) in [5.41, 5.74) is 0.949. The van der Waals surface area contributed by atoms with E-state index < -0.39 is 0 Å². The summed E-state index contributed by atoms with van der Waals surface area (Å²) in [6.07, 6.45) is 5.02. The maximum absolute atomic E-state index is 5.58. The van der Waals surface area contributed by atoms with Crippen molar-refractivity contribution in [1.29, 1.82) is 0 Å². The Kier molecular flexibility index (Phi) is 5.38. The SMILES string of the molecule is Cc1ncccc1OCCCCCCl. The number of aromatic nitrogens is 1. The minimum absolute atomic E-state index is 0.742. The first kappa shape index (κ1) is 11.3. The van der Waals surface area contributed by atoms with Crippen LogP contribution < -0.4 is 4.74 Å². The fourth-order valence-electron chi connectivity index (χ4n) is 1.18. The molecule has 2 nitrogen and oxygen atoms in total. The fraction of sp³-hybridized carbons (Fsp3) is 0.545. The van der Waals surface area contributed by atoms with Gasteiger partial charge in [-0.15, -0.1) is 11.6 Å². The molecule has 0 atom stereocenters. The second-order valence-corrected chi connectivity index (χ2v) is 3.56. The molecule has 0 aliphatic heterocycles. The molecule has 0 aliphatic rings. The van der Waals surface area contributed by atoms with Crippen molar-refractivity contribution in [3.63, 3.8) is 0 Å².